The van der Waals surface area contributed by atoms with E-state index in [1.54, 1.807) is 31.9 Å². The summed E-state index contributed by atoms with van der Waals surface area (Å²) < 4.78 is 0. The average Bonchev–Trinajstić information content (AvgIpc) is 2.39. The molecule has 4 rings (SSSR count). The maximum atomic E-state index is 2.61. The van der Waals surface area contributed by atoms with E-state index in [4.69, 9.17) is 0 Å². The summed E-state index contributed by atoms with van der Waals surface area (Å²) in [6, 6.07) is 0. The van der Waals surface area contributed by atoms with Gasteiger partial charge in [0.25, 0.3) is 0 Å². The molecule has 2 unspecified atom stereocenters. The first-order valence-corrected chi connectivity index (χ1v) is 15.9. The van der Waals surface area contributed by atoms with Crippen LogP contribution in [0.5, 0.6) is 0 Å². The molecule has 20 heavy (non-hydrogen) atoms. The molecule has 1 aliphatic carbocycles. The van der Waals surface area contributed by atoms with Crippen molar-refractivity contribution in [3.8, 4) is 0 Å². The molecule has 4 bridgehead atoms. The fourth-order valence-corrected chi connectivity index (χ4v) is 17.9. The number of allylic oxidation sites excluding steroid dienone is 1. The zero-order chi connectivity index (χ0) is 14.7. The van der Waals surface area contributed by atoms with E-state index in [0.29, 0.717) is 0 Å². The first kappa shape index (κ1) is 15.1. The van der Waals surface area contributed by atoms with Crippen LogP contribution in [0.2, 0.25) is 51.9 Å². The summed E-state index contributed by atoms with van der Waals surface area (Å²) in [4.78, 5) is 2.07. The Labute approximate surface area is 128 Å². The van der Waals surface area contributed by atoms with Crippen molar-refractivity contribution in [2.45, 2.75) is 77.6 Å². The Morgan fingerprint density at radius 3 is 1.70 bits per heavy atom. The van der Waals surface area contributed by atoms with Crippen LogP contribution in [0.4, 0.5) is 0 Å². The molecule has 2 atom stereocenters. The van der Waals surface area contributed by atoms with Crippen molar-refractivity contribution in [3.05, 3.63) is 10.3 Å². The predicted molar refractivity (Wildman–Crippen MR) is 98.0 cm³/mol. The maximum Gasteiger partial charge on any atom is 0.170 e. The molecule has 112 valence electrons. The summed E-state index contributed by atoms with van der Waals surface area (Å²) in [6.45, 7) is 16.7. The van der Waals surface area contributed by atoms with Gasteiger partial charge in [0.15, 0.2) is 6.71 Å². The lowest BCUT2D eigenvalue weighted by Gasteiger charge is -2.39. The van der Waals surface area contributed by atoms with Gasteiger partial charge in [0, 0.05) is 0 Å². The van der Waals surface area contributed by atoms with Crippen molar-refractivity contribution in [2.24, 2.45) is 17.8 Å². The lowest BCUT2D eigenvalue weighted by molar-refractivity contribution is 0.216. The van der Waals surface area contributed by atoms with E-state index in [0.717, 1.165) is 24.5 Å². The molecule has 4 aliphatic rings. The molecule has 0 aromatic rings. The smallest absolute Gasteiger partial charge is 0.109 e. The van der Waals surface area contributed by atoms with E-state index >= 15 is 0 Å². The molecular weight excluding hydrogens is 271 g/mol. The highest BCUT2D eigenvalue weighted by Crippen LogP contribution is 2.52. The summed E-state index contributed by atoms with van der Waals surface area (Å²) >= 11 is 0. The van der Waals surface area contributed by atoms with Crippen LogP contribution in [0.15, 0.2) is 10.3 Å². The minimum absolute atomic E-state index is 1.000. The van der Waals surface area contributed by atoms with Crippen LogP contribution >= 0.6 is 0 Å². The van der Waals surface area contributed by atoms with Crippen LogP contribution in [0, 0.1) is 17.8 Å². The van der Waals surface area contributed by atoms with Gasteiger partial charge < -0.3 is 0 Å². The minimum Gasteiger partial charge on any atom is -0.109 e. The third-order valence-electron chi connectivity index (χ3n) is 6.06. The quantitative estimate of drug-likeness (QED) is 0.589. The Bertz CT molecular complexity index is 397. The molecule has 0 aromatic carbocycles. The lowest BCUT2D eigenvalue weighted by atomic mass is 9.34. The standard InChI is InChI=1S/C17H33BSi2/c1-19(2,3)17(20(4,5)6)16-10-13-7-14-9-15(8-13)12-18(16)11-14/h13-15H,7-12H2,1-6H3. The fraction of sp³-hybridized carbons (Fsp3) is 0.882. The lowest BCUT2D eigenvalue weighted by Crippen LogP contribution is -2.43. The van der Waals surface area contributed by atoms with Gasteiger partial charge in [0.2, 0.25) is 0 Å². The average molecular weight is 304 g/mol. The Morgan fingerprint density at radius 1 is 0.800 bits per heavy atom. The minimum atomic E-state index is -1.16. The van der Waals surface area contributed by atoms with Crippen molar-refractivity contribution in [3.63, 3.8) is 0 Å². The van der Waals surface area contributed by atoms with E-state index in [-0.39, 0.29) is 0 Å². The van der Waals surface area contributed by atoms with Gasteiger partial charge in [0.05, 0.1) is 16.1 Å². The van der Waals surface area contributed by atoms with E-state index in [1.165, 1.54) is 6.42 Å². The number of fused-ring (bicyclic) bond motifs is 1. The third kappa shape index (κ3) is 2.77. The van der Waals surface area contributed by atoms with Crippen LogP contribution < -0.4 is 0 Å². The van der Waals surface area contributed by atoms with Crippen LogP contribution in [-0.2, 0) is 0 Å². The van der Waals surface area contributed by atoms with E-state index in [2.05, 4.69) is 44.1 Å². The summed E-state index contributed by atoms with van der Waals surface area (Å²) in [5.74, 6) is 3.25. The number of rotatable bonds is 2. The molecule has 3 saturated heterocycles. The highest BCUT2D eigenvalue weighted by Gasteiger charge is 2.46. The second-order valence-electron chi connectivity index (χ2n) is 10.1. The molecule has 1 saturated carbocycles. The Hall–Kier alpha value is 0.239. The maximum absolute atomic E-state index is 2.61. The van der Waals surface area contributed by atoms with E-state index in [1.807, 2.05) is 5.47 Å². The van der Waals surface area contributed by atoms with Gasteiger partial charge in [-0.15, -0.1) is 10.3 Å². The molecule has 3 heteroatoms. The van der Waals surface area contributed by atoms with Crippen LogP contribution in [0.3, 0.4) is 0 Å². The van der Waals surface area contributed by atoms with Crippen LogP contribution in [0.25, 0.3) is 0 Å². The molecule has 0 nitrogen and oxygen atoms in total. The Balaban J connectivity index is 2.08. The zero-order valence-electron chi connectivity index (χ0n) is 14.6. The highest BCUT2D eigenvalue weighted by atomic mass is 28.4. The van der Waals surface area contributed by atoms with Gasteiger partial charge in [0.1, 0.15) is 0 Å². The fourth-order valence-electron chi connectivity index (χ4n) is 6.31. The van der Waals surface area contributed by atoms with Gasteiger partial charge in [-0.1, -0.05) is 51.9 Å². The van der Waals surface area contributed by atoms with Crippen molar-refractivity contribution in [1.82, 2.24) is 0 Å². The van der Waals surface area contributed by atoms with Crippen LogP contribution in [0.1, 0.15) is 25.7 Å². The monoisotopic (exact) mass is 304 g/mol. The second-order valence-corrected chi connectivity index (χ2v) is 20.6. The van der Waals surface area contributed by atoms with Crippen molar-refractivity contribution in [1.29, 1.82) is 0 Å². The summed E-state index contributed by atoms with van der Waals surface area (Å²) in [5.41, 5.74) is 2.03. The Morgan fingerprint density at radius 2 is 1.25 bits per heavy atom. The summed E-state index contributed by atoms with van der Waals surface area (Å²) in [6.07, 6.45) is 9.33. The van der Waals surface area contributed by atoms with Gasteiger partial charge in [-0.25, -0.2) is 0 Å². The van der Waals surface area contributed by atoms with E-state index < -0.39 is 16.1 Å². The number of hydrogen-bond donors (Lipinski definition) is 0. The normalized spacial score (nSPS) is 33.6. The Kier molecular flexibility index (Phi) is 3.69. The van der Waals surface area contributed by atoms with E-state index in [9.17, 15) is 0 Å². The molecule has 0 radical (unpaired) electrons. The first-order chi connectivity index (χ1) is 9.14. The molecular formula is C17H33BSi2. The van der Waals surface area contributed by atoms with Crippen molar-refractivity contribution < 1.29 is 0 Å². The molecule has 0 N–H and O–H groups in total. The SMILES string of the molecule is C[Si](C)(C)C(=C1CC2CC3CB1CC(C3)C2)[Si](C)(C)C. The predicted octanol–water partition coefficient (Wildman–Crippen LogP) is 5.52. The van der Waals surface area contributed by atoms with Gasteiger partial charge in [-0.05, 0) is 43.4 Å². The molecule has 3 aliphatic heterocycles. The van der Waals surface area contributed by atoms with Gasteiger partial charge in [-0.3, -0.25) is 0 Å². The molecule has 0 amide bonds. The molecule has 0 aromatic heterocycles. The summed E-state index contributed by atoms with van der Waals surface area (Å²) in [7, 11) is -2.32. The topological polar surface area (TPSA) is 0 Å². The second kappa shape index (κ2) is 4.87. The first-order valence-electron chi connectivity index (χ1n) is 8.88. The zero-order valence-corrected chi connectivity index (χ0v) is 16.6. The molecule has 4 fully saturated rings. The van der Waals surface area contributed by atoms with Gasteiger partial charge >= 0.3 is 0 Å². The van der Waals surface area contributed by atoms with Gasteiger partial charge in [-0.2, -0.15) is 0 Å². The molecule has 0 spiro atoms. The van der Waals surface area contributed by atoms with Crippen LogP contribution in [-0.4, -0.2) is 22.9 Å². The number of hydrogen-bond acceptors (Lipinski definition) is 0. The third-order valence-corrected chi connectivity index (χ3v) is 14.2. The highest BCUT2D eigenvalue weighted by molar-refractivity contribution is 7.05. The summed E-state index contributed by atoms with van der Waals surface area (Å²) in [5, 5.41) is 0. The largest absolute Gasteiger partial charge is 0.170 e. The van der Waals surface area contributed by atoms with Crippen molar-refractivity contribution in [2.75, 3.05) is 0 Å². The molecule has 3 heterocycles. The van der Waals surface area contributed by atoms with Crippen molar-refractivity contribution >= 4 is 22.9 Å².